The minimum atomic E-state index is 0.141. The van der Waals surface area contributed by atoms with Gasteiger partial charge in [-0.2, -0.15) is 0 Å². The van der Waals surface area contributed by atoms with Gasteiger partial charge in [-0.15, -0.1) is 0 Å². The quantitative estimate of drug-likeness (QED) is 0.792. The number of nitrogen functional groups attached to an aromatic ring is 1. The number of anilines is 1. The monoisotopic (exact) mass is 234 g/mol. The molecule has 1 saturated heterocycles. The summed E-state index contributed by atoms with van der Waals surface area (Å²) in [7, 11) is 0. The summed E-state index contributed by atoms with van der Waals surface area (Å²) in [5, 5.41) is 0. The van der Waals surface area contributed by atoms with E-state index in [4.69, 9.17) is 10.5 Å². The Bertz CT molecular complexity index is 398. The molecule has 4 nitrogen and oxygen atoms in total. The van der Waals surface area contributed by atoms with Crippen LogP contribution in [0.5, 0.6) is 5.75 Å². The van der Waals surface area contributed by atoms with Gasteiger partial charge in [-0.3, -0.25) is 4.79 Å². The van der Waals surface area contributed by atoms with E-state index in [1.807, 2.05) is 29.2 Å². The lowest BCUT2D eigenvalue weighted by Gasteiger charge is -2.31. The molecule has 92 valence electrons. The summed E-state index contributed by atoms with van der Waals surface area (Å²) in [4.78, 5) is 13.0. The smallest absolute Gasteiger partial charge is 0.219 e. The van der Waals surface area contributed by atoms with Crippen LogP contribution in [-0.2, 0) is 4.79 Å². The molecule has 1 aliphatic heterocycles. The number of hydrogen-bond donors (Lipinski definition) is 1. The normalized spacial score (nSPS) is 16.9. The van der Waals surface area contributed by atoms with Crippen molar-refractivity contribution in [3.8, 4) is 5.75 Å². The van der Waals surface area contributed by atoms with Crippen LogP contribution in [0.15, 0.2) is 24.3 Å². The maximum absolute atomic E-state index is 11.2. The van der Waals surface area contributed by atoms with Gasteiger partial charge in [0.2, 0.25) is 5.91 Å². The molecule has 2 N–H and O–H groups in total. The molecule has 1 fully saturated rings. The summed E-state index contributed by atoms with van der Waals surface area (Å²) >= 11 is 0. The zero-order valence-electron chi connectivity index (χ0n) is 10.1. The van der Waals surface area contributed by atoms with E-state index in [0.29, 0.717) is 5.69 Å². The molecule has 0 unspecified atom stereocenters. The maximum Gasteiger partial charge on any atom is 0.219 e. The van der Waals surface area contributed by atoms with E-state index in [1.54, 1.807) is 6.92 Å². The average molecular weight is 234 g/mol. The highest BCUT2D eigenvalue weighted by molar-refractivity contribution is 5.73. The van der Waals surface area contributed by atoms with E-state index in [2.05, 4.69) is 0 Å². The molecule has 1 heterocycles. The number of rotatable bonds is 2. The Morgan fingerprint density at radius 1 is 1.35 bits per heavy atom. The highest BCUT2D eigenvalue weighted by Crippen LogP contribution is 2.24. The summed E-state index contributed by atoms with van der Waals surface area (Å²) in [5.74, 6) is 0.886. The Morgan fingerprint density at radius 2 is 2.00 bits per heavy atom. The average Bonchev–Trinajstić information content (AvgIpc) is 2.33. The molecule has 0 bridgehead atoms. The largest absolute Gasteiger partial charge is 0.488 e. The second-order valence-corrected chi connectivity index (χ2v) is 4.36. The topological polar surface area (TPSA) is 55.6 Å². The molecule has 1 aliphatic rings. The summed E-state index contributed by atoms with van der Waals surface area (Å²) in [5.41, 5.74) is 6.49. The standard InChI is InChI=1S/C13H18N2O2/c1-10(16)15-8-6-11(7-9-15)17-13-5-3-2-4-12(13)14/h2-5,11H,6-9,14H2,1H3. The second-order valence-electron chi connectivity index (χ2n) is 4.36. The molecule has 0 aromatic heterocycles. The first kappa shape index (κ1) is 11.8. The summed E-state index contributed by atoms with van der Waals surface area (Å²) < 4.78 is 5.85. The Morgan fingerprint density at radius 3 is 2.59 bits per heavy atom. The van der Waals surface area contributed by atoms with E-state index in [-0.39, 0.29) is 12.0 Å². The molecule has 0 atom stereocenters. The lowest BCUT2D eigenvalue weighted by Crippen LogP contribution is -2.40. The van der Waals surface area contributed by atoms with Crippen LogP contribution < -0.4 is 10.5 Å². The van der Waals surface area contributed by atoms with Crippen LogP contribution in [-0.4, -0.2) is 30.0 Å². The summed E-state index contributed by atoms with van der Waals surface area (Å²) in [6.07, 6.45) is 1.90. The van der Waals surface area contributed by atoms with Crippen molar-refractivity contribution in [2.75, 3.05) is 18.8 Å². The minimum absolute atomic E-state index is 0.141. The van der Waals surface area contributed by atoms with Crippen LogP contribution in [0, 0.1) is 0 Å². The van der Waals surface area contributed by atoms with Crippen molar-refractivity contribution in [1.82, 2.24) is 4.90 Å². The molecule has 0 saturated carbocycles. The first-order valence-corrected chi connectivity index (χ1v) is 5.93. The molecule has 0 spiro atoms. The van der Waals surface area contributed by atoms with Crippen molar-refractivity contribution in [1.29, 1.82) is 0 Å². The zero-order chi connectivity index (χ0) is 12.3. The van der Waals surface area contributed by atoms with Crippen molar-refractivity contribution >= 4 is 11.6 Å². The van der Waals surface area contributed by atoms with E-state index in [1.165, 1.54) is 0 Å². The lowest BCUT2D eigenvalue weighted by molar-refractivity contribution is -0.130. The Balaban J connectivity index is 1.90. The summed E-state index contributed by atoms with van der Waals surface area (Å²) in [6, 6.07) is 7.52. The first-order chi connectivity index (χ1) is 8.16. The molecule has 17 heavy (non-hydrogen) atoms. The first-order valence-electron chi connectivity index (χ1n) is 5.93. The van der Waals surface area contributed by atoms with Gasteiger partial charge >= 0.3 is 0 Å². The van der Waals surface area contributed by atoms with Crippen LogP contribution in [0.25, 0.3) is 0 Å². The molecule has 4 heteroatoms. The van der Waals surface area contributed by atoms with Crippen LogP contribution in [0.2, 0.25) is 0 Å². The van der Waals surface area contributed by atoms with Crippen LogP contribution >= 0.6 is 0 Å². The van der Waals surface area contributed by atoms with Crippen molar-refractivity contribution in [3.05, 3.63) is 24.3 Å². The number of piperidine rings is 1. The van der Waals surface area contributed by atoms with E-state index in [0.717, 1.165) is 31.7 Å². The summed E-state index contributed by atoms with van der Waals surface area (Å²) in [6.45, 7) is 3.15. The molecular weight excluding hydrogens is 216 g/mol. The van der Waals surface area contributed by atoms with Gasteiger partial charge in [0.15, 0.2) is 0 Å². The predicted molar refractivity (Wildman–Crippen MR) is 66.8 cm³/mol. The molecule has 1 aromatic rings. The molecular formula is C13H18N2O2. The highest BCUT2D eigenvalue weighted by Gasteiger charge is 2.22. The van der Waals surface area contributed by atoms with Crippen molar-refractivity contribution < 1.29 is 9.53 Å². The molecule has 2 rings (SSSR count). The number of likely N-dealkylation sites (tertiary alicyclic amines) is 1. The second kappa shape index (κ2) is 5.08. The van der Waals surface area contributed by atoms with E-state index >= 15 is 0 Å². The Kier molecular flexibility index (Phi) is 3.52. The van der Waals surface area contributed by atoms with Gasteiger partial charge in [0.1, 0.15) is 11.9 Å². The minimum Gasteiger partial charge on any atom is -0.488 e. The van der Waals surface area contributed by atoms with Gasteiger partial charge in [0.25, 0.3) is 0 Å². The number of benzene rings is 1. The van der Waals surface area contributed by atoms with Crippen LogP contribution in [0.1, 0.15) is 19.8 Å². The van der Waals surface area contributed by atoms with E-state index in [9.17, 15) is 4.79 Å². The van der Waals surface area contributed by atoms with Gasteiger partial charge < -0.3 is 15.4 Å². The fourth-order valence-electron chi connectivity index (χ4n) is 2.06. The molecule has 0 aliphatic carbocycles. The Labute approximate surface area is 101 Å². The fraction of sp³-hybridized carbons (Fsp3) is 0.462. The Hall–Kier alpha value is -1.71. The predicted octanol–water partition coefficient (Wildman–Crippen LogP) is 1.66. The number of carbonyl (C=O) groups is 1. The third kappa shape index (κ3) is 2.90. The molecule has 1 amide bonds. The highest BCUT2D eigenvalue weighted by atomic mass is 16.5. The number of nitrogens with zero attached hydrogens (tertiary/aromatic N) is 1. The molecule has 1 aromatic carbocycles. The number of para-hydroxylation sites is 2. The van der Waals surface area contributed by atoms with Crippen molar-refractivity contribution in [3.63, 3.8) is 0 Å². The maximum atomic E-state index is 11.2. The third-order valence-corrected chi connectivity index (χ3v) is 3.10. The number of carbonyl (C=O) groups excluding carboxylic acids is 1. The lowest BCUT2D eigenvalue weighted by atomic mass is 10.1. The number of hydrogen-bond acceptors (Lipinski definition) is 3. The van der Waals surface area contributed by atoms with Crippen molar-refractivity contribution in [2.45, 2.75) is 25.9 Å². The van der Waals surface area contributed by atoms with Gasteiger partial charge in [-0.25, -0.2) is 0 Å². The fourth-order valence-corrected chi connectivity index (χ4v) is 2.06. The number of ether oxygens (including phenoxy) is 1. The van der Waals surface area contributed by atoms with Gasteiger partial charge in [0.05, 0.1) is 5.69 Å². The van der Waals surface area contributed by atoms with Crippen LogP contribution in [0.4, 0.5) is 5.69 Å². The third-order valence-electron chi connectivity index (χ3n) is 3.10. The van der Waals surface area contributed by atoms with Crippen LogP contribution in [0.3, 0.4) is 0 Å². The number of nitrogens with two attached hydrogens (primary N) is 1. The SMILES string of the molecule is CC(=O)N1CCC(Oc2ccccc2N)CC1. The van der Waals surface area contributed by atoms with Crippen molar-refractivity contribution in [2.24, 2.45) is 0 Å². The van der Waals surface area contributed by atoms with Gasteiger partial charge in [-0.1, -0.05) is 12.1 Å². The van der Waals surface area contributed by atoms with E-state index < -0.39 is 0 Å². The molecule has 0 radical (unpaired) electrons. The zero-order valence-corrected chi connectivity index (χ0v) is 10.1. The van der Waals surface area contributed by atoms with Gasteiger partial charge in [-0.05, 0) is 12.1 Å². The number of amides is 1. The van der Waals surface area contributed by atoms with Gasteiger partial charge in [0, 0.05) is 32.9 Å².